The summed E-state index contributed by atoms with van der Waals surface area (Å²) < 4.78 is 0. The van der Waals surface area contributed by atoms with Crippen LogP contribution in [0.2, 0.25) is 10.0 Å². The lowest BCUT2D eigenvalue weighted by Gasteiger charge is -2.12. The maximum absolute atomic E-state index is 12.4. The predicted molar refractivity (Wildman–Crippen MR) is 91.4 cm³/mol. The van der Waals surface area contributed by atoms with E-state index in [1.165, 1.54) is 0 Å². The first-order valence-corrected chi connectivity index (χ1v) is 7.91. The molecule has 1 saturated heterocycles. The monoisotopic (exact) mass is 349 g/mol. The van der Waals surface area contributed by atoms with Gasteiger partial charge in [-0.2, -0.15) is 0 Å². The van der Waals surface area contributed by atoms with Crippen LogP contribution >= 0.6 is 35.0 Å². The summed E-state index contributed by atoms with van der Waals surface area (Å²) in [6, 6.07) is 13.7. The van der Waals surface area contributed by atoms with E-state index in [0.29, 0.717) is 20.6 Å². The third-order valence-electron chi connectivity index (χ3n) is 3.02. The molecule has 1 heterocycles. The van der Waals surface area contributed by atoms with E-state index in [1.807, 2.05) is 6.07 Å². The van der Waals surface area contributed by atoms with Gasteiger partial charge < -0.3 is 0 Å². The summed E-state index contributed by atoms with van der Waals surface area (Å²) in [5.74, 6) is -0.350. The minimum Gasteiger partial charge on any atom is -0.268 e. The number of amides is 2. The van der Waals surface area contributed by atoms with Gasteiger partial charge in [0.2, 0.25) is 0 Å². The summed E-state index contributed by atoms with van der Waals surface area (Å²) in [7, 11) is 0. The second kappa shape index (κ2) is 6.16. The Morgan fingerprint density at radius 1 is 0.955 bits per heavy atom. The van der Waals surface area contributed by atoms with Crippen LogP contribution in [-0.4, -0.2) is 11.1 Å². The largest absolute Gasteiger partial charge is 0.298 e. The van der Waals surface area contributed by atoms with Crippen LogP contribution in [0, 0.1) is 0 Å². The highest BCUT2D eigenvalue weighted by atomic mass is 35.5. The number of carbonyl (C=O) groups is 2. The molecule has 0 unspecified atom stereocenters. The molecule has 1 aliphatic heterocycles. The Labute approximate surface area is 141 Å². The van der Waals surface area contributed by atoms with Crippen molar-refractivity contribution < 1.29 is 9.59 Å². The molecule has 1 fully saturated rings. The van der Waals surface area contributed by atoms with Gasteiger partial charge in [0.15, 0.2) is 0 Å². The Morgan fingerprint density at radius 2 is 1.68 bits per heavy atom. The van der Waals surface area contributed by atoms with E-state index in [2.05, 4.69) is 0 Å². The summed E-state index contributed by atoms with van der Waals surface area (Å²) in [5.41, 5.74) is 1.27. The van der Waals surface area contributed by atoms with Gasteiger partial charge in [-0.25, -0.2) is 4.90 Å². The Kier molecular flexibility index (Phi) is 4.25. The number of anilines is 1. The van der Waals surface area contributed by atoms with Gasteiger partial charge in [0.1, 0.15) is 0 Å². The molecule has 0 spiro atoms. The van der Waals surface area contributed by atoms with E-state index < -0.39 is 0 Å². The van der Waals surface area contributed by atoms with Crippen molar-refractivity contribution in [3.05, 3.63) is 69.0 Å². The second-order valence-electron chi connectivity index (χ2n) is 4.55. The lowest BCUT2D eigenvalue weighted by molar-refractivity contribution is -0.113. The number of rotatable bonds is 2. The SMILES string of the molecule is O=C1S/C(=C/c2cccc(Cl)c2)C(=O)N1c1ccc(Cl)cc1. The normalized spacial score (nSPS) is 16.6. The van der Waals surface area contributed by atoms with Gasteiger partial charge in [-0.1, -0.05) is 35.3 Å². The Balaban J connectivity index is 1.93. The zero-order valence-electron chi connectivity index (χ0n) is 11.1. The first-order chi connectivity index (χ1) is 10.5. The van der Waals surface area contributed by atoms with Gasteiger partial charge in [-0.15, -0.1) is 0 Å². The second-order valence-corrected chi connectivity index (χ2v) is 6.41. The van der Waals surface area contributed by atoms with E-state index in [0.717, 1.165) is 22.2 Å². The quantitative estimate of drug-likeness (QED) is 0.696. The van der Waals surface area contributed by atoms with E-state index in [9.17, 15) is 9.59 Å². The maximum atomic E-state index is 12.4. The number of nitrogens with zero attached hydrogens (tertiary/aromatic N) is 1. The maximum Gasteiger partial charge on any atom is 0.298 e. The van der Waals surface area contributed by atoms with Crippen LogP contribution in [0.25, 0.3) is 6.08 Å². The van der Waals surface area contributed by atoms with Crippen LogP contribution in [0.15, 0.2) is 53.4 Å². The van der Waals surface area contributed by atoms with Crippen molar-refractivity contribution in [2.75, 3.05) is 4.90 Å². The van der Waals surface area contributed by atoms with Crippen LogP contribution in [0.1, 0.15) is 5.56 Å². The molecule has 3 nitrogen and oxygen atoms in total. The summed E-state index contributed by atoms with van der Waals surface area (Å²) in [5, 5.41) is 0.788. The van der Waals surface area contributed by atoms with Crippen molar-refractivity contribution in [1.82, 2.24) is 0 Å². The average molecular weight is 350 g/mol. The van der Waals surface area contributed by atoms with Crippen molar-refractivity contribution in [3.8, 4) is 0 Å². The van der Waals surface area contributed by atoms with Crippen LogP contribution < -0.4 is 4.90 Å². The standard InChI is InChI=1S/C16H9Cl2NO2S/c17-11-4-6-13(7-5-11)19-15(20)14(22-16(19)21)9-10-2-1-3-12(18)8-10/h1-9H/b14-9+. The third-order valence-corrected chi connectivity index (χ3v) is 4.38. The molecule has 1 aliphatic rings. The van der Waals surface area contributed by atoms with Crippen LogP contribution in [-0.2, 0) is 4.79 Å². The summed E-state index contributed by atoms with van der Waals surface area (Å²) in [6.07, 6.45) is 1.66. The lowest BCUT2D eigenvalue weighted by Crippen LogP contribution is -2.27. The molecule has 0 N–H and O–H groups in total. The number of thioether (sulfide) groups is 1. The van der Waals surface area contributed by atoms with Crippen molar-refractivity contribution in [2.24, 2.45) is 0 Å². The van der Waals surface area contributed by atoms with E-state index in [4.69, 9.17) is 23.2 Å². The smallest absolute Gasteiger partial charge is 0.268 e. The fourth-order valence-corrected chi connectivity index (χ4v) is 3.19. The number of imide groups is 1. The van der Waals surface area contributed by atoms with Crippen molar-refractivity contribution >= 4 is 57.9 Å². The molecular weight excluding hydrogens is 341 g/mol. The zero-order chi connectivity index (χ0) is 15.7. The Hall–Kier alpha value is -1.75. The molecule has 0 aromatic heterocycles. The zero-order valence-corrected chi connectivity index (χ0v) is 13.5. The molecule has 2 aromatic carbocycles. The molecule has 2 aromatic rings. The average Bonchev–Trinajstić information content (AvgIpc) is 2.75. The minimum absolute atomic E-state index is 0.333. The molecule has 3 rings (SSSR count). The highest BCUT2D eigenvalue weighted by Crippen LogP contribution is 2.36. The molecular formula is C16H9Cl2NO2S. The van der Waals surface area contributed by atoms with E-state index >= 15 is 0 Å². The van der Waals surface area contributed by atoms with Crippen molar-refractivity contribution in [3.63, 3.8) is 0 Å². The molecule has 0 saturated carbocycles. The summed E-state index contributed by atoms with van der Waals surface area (Å²) in [6.45, 7) is 0. The fourth-order valence-electron chi connectivity index (χ4n) is 2.03. The number of hydrogen-bond donors (Lipinski definition) is 0. The molecule has 2 amide bonds. The first-order valence-electron chi connectivity index (χ1n) is 6.34. The van der Waals surface area contributed by atoms with Gasteiger partial charge in [-0.05, 0) is 59.8 Å². The molecule has 0 radical (unpaired) electrons. The molecule has 22 heavy (non-hydrogen) atoms. The Bertz CT molecular complexity index is 787. The first kappa shape index (κ1) is 15.2. The number of hydrogen-bond acceptors (Lipinski definition) is 3. The highest BCUT2D eigenvalue weighted by molar-refractivity contribution is 8.19. The van der Waals surface area contributed by atoms with Crippen LogP contribution in [0.5, 0.6) is 0 Å². The van der Waals surface area contributed by atoms with Crippen LogP contribution in [0.4, 0.5) is 10.5 Å². The van der Waals surface area contributed by atoms with Crippen molar-refractivity contribution in [1.29, 1.82) is 0 Å². The van der Waals surface area contributed by atoms with Gasteiger partial charge >= 0.3 is 0 Å². The van der Waals surface area contributed by atoms with Gasteiger partial charge in [0, 0.05) is 10.0 Å². The molecule has 0 aliphatic carbocycles. The van der Waals surface area contributed by atoms with Crippen LogP contribution in [0.3, 0.4) is 0 Å². The third kappa shape index (κ3) is 3.04. The number of carbonyl (C=O) groups excluding carboxylic acids is 2. The number of benzene rings is 2. The topological polar surface area (TPSA) is 37.4 Å². The van der Waals surface area contributed by atoms with Gasteiger partial charge in [0.05, 0.1) is 10.6 Å². The summed E-state index contributed by atoms with van der Waals surface area (Å²) >= 11 is 12.7. The minimum atomic E-state index is -0.350. The highest BCUT2D eigenvalue weighted by Gasteiger charge is 2.36. The fraction of sp³-hybridized carbons (Fsp3) is 0. The van der Waals surface area contributed by atoms with E-state index in [-0.39, 0.29) is 11.1 Å². The lowest BCUT2D eigenvalue weighted by atomic mass is 10.2. The number of halogens is 2. The Morgan fingerprint density at radius 3 is 2.36 bits per heavy atom. The van der Waals surface area contributed by atoms with Crippen molar-refractivity contribution in [2.45, 2.75) is 0 Å². The summed E-state index contributed by atoms with van der Waals surface area (Å²) in [4.78, 5) is 26.0. The molecule has 0 atom stereocenters. The van der Waals surface area contributed by atoms with Gasteiger partial charge in [-0.3, -0.25) is 9.59 Å². The van der Waals surface area contributed by atoms with E-state index in [1.54, 1.807) is 48.5 Å². The molecule has 6 heteroatoms. The predicted octanol–water partition coefficient (Wildman–Crippen LogP) is 5.23. The van der Waals surface area contributed by atoms with Gasteiger partial charge in [0.25, 0.3) is 11.1 Å². The molecule has 110 valence electrons. The molecule has 0 bridgehead atoms.